The van der Waals surface area contributed by atoms with Gasteiger partial charge in [-0.05, 0) is 24.3 Å². The number of hydrogen-bond donors (Lipinski definition) is 0. The number of fused-ring (bicyclic) bond motifs is 1. The van der Waals surface area contributed by atoms with Crippen molar-refractivity contribution >= 4 is 17.8 Å². The van der Waals surface area contributed by atoms with Crippen LogP contribution in [0.1, 0.15) is 15.9 Å². The van der Waals surface area contributed by atoms with Crippen molar-refractivity contribution in [1.29, 1.82) is 0 Å². The number of carbonyl (C=O) groups is 2. The van der Waals surface area contributed by atoms with E-state index in [4.69, 9.17) is 18.9 Å². The average Bonchev–Trinajstić information content (AvgIpc) is 3.06. The van der Waals surface area contributed by atoms with Gasteiger partial charge in [0.2, 0.25) is 5.78 Å². The summed E-state index contributed by atoms with van der Waals surface area (Å²) in [5.74, 6) is 0.985. The zero-order chi connectivity index (χ0) is 20.6. The minimum absolute atomic E-state index is 0.126. The van der Waals surface area contributed by atoms with E-state index in [0.717, 1.165) is 11.3 Å². The zero-order valence-electron chi connectivity index (χ0n) is 15.9. The van der Waals surface area contributed by atoms with E-state index in [1.54, 1.807) is 37.5 Å². The first-order chi connectivity index (χ1) is 14.1. The first-order valence-electron chi connectivity index (χ1n) is 8.89. The zero-order valence-corrected chi connectivity index (χ0v) is 15.9. The second-order valence-electron chi connectivity index (χ2n) is 5.98. The lowest BCUT2D eigenvalue weighted by Crippen LogP contribution is -2.14. The number of Topliss-reactive ketones (excluding diaryl/α,β-unsaturated/α-hetero) is 1. The molecule has 0 unspecified atom stereocenters. The molecule has 0 aromatic heterocycles. The number of esters is 1. The van der Waals surface area contributed by atoms with Gasteiger partial charge in [-0.15, -0.1) is 0 Å². The van der Waals surface area contributed by atoms with Gasteiger partial charge in [-0.25, -0.2) is 4.79 Å². The molecule has 0 fully saturated rings. The van der Waals surface area contributed by atoms with E-state index in [1.165, 1.54) is 6.08 Å². The van der Waals surface area contributed by atoms with Crippen molar-refractivity contribution in [2.75, 3.05) is 20.3 Å². The standard InChI is InChI=1S/C23H20O6/c1-3-13-27-22(24)15-28-17-11-12-18-21(14-17)29-20(23(18)25)10-6-8-16-7-4-5-9-19(16)26-2/h3-12,14H,1,13,15H2,2H3/b8-6+,20-10-. The fourth-order valence-corrected chi connectivity index (χ4v) is 2.65. The summed E-state index contributed by atoms with van der Waals surface area (Å²) in [6, 6.07) is 12.3. The summed E-state index contributed by atoms with van der Waals surface area (Å²) in [5.41, 5.74) is 1.32. The number of hydrogen-bond acceptors (Lipinski definition) is 6. The molecule has 148 valence electrons. The van der Waals surface area contributed by atoms with Gasteiger partial charge in [0, 0.05) is 11.6 Å². The fourth-order valence-electron chi connectivity index (χ4n) is 2.65. The molecule has 0 saturated carbocycles. The molecule has 2 aromatic carbocycles. The first-order valence-corrected chi connectivity index (χ1v) is 8.89. The van der Waals surface area contributed by atoms with Gasteiger partial charge in [-0.2, -0.15) is 0 Å². The van der Waals surface area contributed by atoms with Crippen LogP contribution in [0.15, 0.2) is 73.0 Å². The number of benzene rings is 2. The lowest BCUT2D eigenvalue weighted by atomic mass is 10.1. The SMILES string of the molecule is C=CCOC(=O)COc1ccc2c(c1)O/C(=C\C=C\c1ccccc1OC)C2=O. The Kier molecular flexibility index (Phi) is 6.47. The normalized spacial score (nSPS) is 13.8. The van der Waals surface area contributed by atoms with Gasteiger partial charge in [0.1, 0.15) is 23.9 Å². The summed E-state index contributed by atoms with van der Waals surface area (Å²) in [5, 5.41) is 0. The van der Waals surface area contributed by atoms with Crippen molar-refractivity contribution in [3.05, 3.63) is 84.2 Å². The second-order valence-corrected chi connectivity index (χ2v) is 5.98. The minimum atomic E-state index is -0.510. The molecule has 3 rings (SSSR count). The highest BCUT2D eigenvalue weighted by molar-refractivity contribution is 6.12. The van der Waals surface area contributed by atoms with Crippen LogP contribution >= 0.6 is 0 Å². The molecule has 6 heteroatoms. The number of ketones is 1. The molecule has 0 aliphatic carbocycles. The summed E-state index contributed by atoms with van der Waals surface area (Å²) in [6.45, 7) is 3.35. The van der Waals surface area contributed by atoms with Crippen LogP contribution in [0.4, 0.5) is 0 Å². The van der Waals surface area contributed by atoms with Crippen LogP contribution in [0, 0.1) is 0 Å². The molecule has 0 spiro atoms. The molecule has 0 radical (unpaired) electrons. The highest BCUT2D eigenvalue weighted by Crippen LogP contribution is 2.34. The van der Waals surface area contributed by atoms with Crippen LogP contribution in [0.25, 0.3) is 6.08 Å². The van der Waals surface area contributed by atoms with Crippen LogP contribution in [-0.4, -0.2) is 32.1 Å². The summed E-state index contributed by atoms with van der Waals surface area (Å²) >= 11 is 0. The molecule has 0 bridgehead atoms. The van der Waals surface area contributed by atoms with E-state index < -0.39 is 5.97 Å². The summed E-state index contributed by atoms with van der Waals surface area (Å²) in [7, 11) is 1.60. The lowest BCUT2D eigenvalue weighted by molar-refractivity contribution is -0.144. The molecule has 0 saturated heterocycles. The van der Waals surface area contributed by atoms with Gasteiger partial charge in [-0.3, -0.25) is 4.79 Å². The number of para-hydroxylation sites is 1. The first kappa shape index (κ1) is 19.9. The van der Waals surface area contributed by atoms with E-state index in [9.17, 15) is 9.59 Å². The Bertz CT molecular complexity index is 987. The maximum Gasteiger partial charge on any atom is 0.344 e. The maximum atomic E-state index is 12.5. The van der Waals surface area contributed by atoms with Gasteiger partial charge in [0.15, 0.2) is 12.4 Å². The molecule has 0 N–H and O–H groups in total. The van der Waals surface area contributed by atoms with E-state index in [0.29, 0.717) is 17.1 Å². The third-order valence-electron chi connectivity index (χ3n) is 4.02. The van der Waals surface area contributed by atoms with Crippen molar-refractivity contribution in [2.24, 2.45) is 0 Å². The van der Waals surface area contributed by atoms with E-state index >= 15 is 0 Å². The highest BCUT2D eigenvalue weighted by Gasteiger charge is 2.27. The molecule has 0 amide bonds. The van der Waals surface area contributed by atoms with Crippen LogP contribution in [0.5, 0.6) is 17.2 Å². The predicted octanol–water partition coefficient (Wildman–Crippen LogP) is 3.98. The Morgan fingerprint density at radius 3 is 2.83 bits per heavy atom. The van der Waals surface area contributed by atoms with Gasteiger partial charge in [-0.1, -0.05) is 43.0 Å². The molecule has 1 heterocycles. The monoisotopic (exact) mass is 392 g/mol. The quantitative estimate of drug-likeness (QED) is 0.385. The fraction of sp³-hybridized carbons (Fsp3) is 0.130. The lowest BCUT2D eigenvalue weighted by Gasteiger charge is -2.06. The number of carbonyl (C=O) groups excluding carboxylic acids is 2. The Hall–Kier alpha value is -3.80. The number of allylic oxidation sites excluding steroid dienone is 3. The van der Waals surface area contributed by atoms with Crippen molar-refractivity contribution in [1.82, 2.24) is 0 Å². The van der Waals surface area contributed by atoms with E-state index in [2.05, 4.69) is 6.58 Å². The van der Waals surface area contributed by atoms with E-state index in [1.807, 2.05) is 30.3 Å². The molecular formula is C23H20O6. The van der Waals surface area contributed by atoms with E-state index in [-0.39, 0.29) is 24.8 Å². The third-order valence-corrected chi connectivity index (χ3v) is 4.02. The largest absolute Gasteiger partial charge is 0.496 e. The number of methoxy groups -OCH3 is 1. The summed E-state index contributed by atoms with van der Waals surface area (Å²) < 4.78 is 21.2. The van der Waals surface area contributed by atoms with Crippen LogP contribution in [0.3, 0.4) is 0 Å². The van der Waals surface area contributed by atoms with Crippen LogP contribution in [-0.2, 0) is 9.53 Å². The van der Waals surface area contributed by atoms with Gasteiger partial charge < -0.3 is 18.9 Å². The summed E-state index contributed by atoms with van der Waals surface area (Å²) in [4.78, 5) is 24.0. The molecule has 2 aromatic rings. The van der Waals surface area contributed by atoms with Crippen molar-refractivity contribution in [2.45, 2.75) is 0 Å². The maximum absolute atomic E-state index is 12.5. The Morgan fingerprint density at radius 1 is 1.21 bits per heavy atom. The third kappa shape index (κ3) is 4.93. The predicted molar refractivity (Wildman–Crippen MR) is 108 cm³/mol. The van der Waals surface area contributed by atoms with Gasteiger partial charge >= 0.3 is 5.97 Å². The molecule has 6 nitrogen and oxygen atoms in total. The molecular weight excluding hydrogens is 372 g/mol. The molecule has 1 aliphatic heterocycles. The van der Waals surface area contributed by atoms with Crippen molar-refractivity contribution < 1.29 is 28.5 Å². The molecule has 1 aliphatic rings. The van der Waals surface area contributed by atoms with Crippen molar-refractivity contribution in [3.63, 3.8) is 0 Å². The van der Waals surface area contributed by atoms with Crippen LogP contribution in [0.2, 0.25) is 0 Å². The van der Waals surface area contributed by atoms with Gasteiger partial charge in [0.05, 0.1) is 12.7 Å². The Labute approximate surface area is 168 Å². The molecule has 29 heavy (non-hydrogen) atoms. The number of rotatable bonds is 8. The Balaban J connectivity index is 1.67. The number of ether oxygens (including phenoxy) is 4. The average molecular weight is 392 g/mol. The van der Waals surface area contributed by atoms with Crippen LogP contribution < -0.4 is 14.2 Å². The van der Waals surface area contributed by atoms with Gasteiger partial charge in [0.25, 0.3) is 0 Å². The highest BCUT2D eigenvalue weighted by atomic mass is 16.6. The van der Waals surface area contributed by atoms with Crippen molar-refractivity contribution in [3.8, 4) is 17.2 Å². The second kappa shape index (κ2) is 9.41. The molecule has 0 atom stereocenters. The summed E-state index contributed by atoms with van der Waals surface area (Å²) in [6.07, 6.45) is 6.63. The topological polar surface area (TPSA) is 71.1 Å². The Morgan fingerprint density at radius 2 is 2.03 bits per heavy atom. The smallest absolute Gasteiger partial charge is 0.344 e. The minimum Gasteiger partial charge on any atom is -0.496 e.